The second kappa shape index (κ2) is 5.32. The maximum absolute atomic E-state index is 9.92. The van der Waals surface area contributed by atoms with Gasteiger partial charge in [0.25, 0.3) is 0 Å². The molecule has 1 heterocycles. The SMILES string of the molecule is COc1cc(Br)cc(/C=N/n2cn[nH]c2=S)c1O. The molecule has 0 unspecified atom stereocenters. The molecule has 0 radical (unpaired) electrons. The van der Waals surface area contributed by atoms with Crippen LogP contribution in [0, 0.1) is 4.77 Å². The van der Waals surface area contributed by atoms with Crippen molar-refractivity contribution in [1.82, 2.24) is 14.9 Å². The fourth-order valence-electron chi connectivity index (χ4n) is 1.30. The van der Waals surface area contributed by atoms with E-state index in [-0.39, 0.29) is 5.75 Å². The molecule has 8 heteroatoms. The Morgan fingerprint density at radius 3 is 3.00 bits per heavy atom. The minimum atomic E-state index is 0.0134. The van der Waals surface area contributed by atoms with Gasteiger partial charge in [0.05, 0.1) is 13.3 Å². The molecule has 0 bridgehead atoms. The molecule has 0 aliphatic rings. The zero-order valence-corrected chi connectivity index (χ0v) is 11.7. The molecule has 2 rings (SSSR count). The van der Waals surface area contributed by atoms with Crippen LogP contribution in [0.2, 0.25) is 0 Å². The first-order valence-electron chi connectivity index (χ1n) is 4.84. The first kappa shape index (κ1) is 12.8. The Labute approximate surface area is 116 Å². The minimum Gasteiger partial charge on any atom is -0.504 e. The van der Waals surface area contributed by atoms with Crippen molar-refractivity contribution in [3.63, 3.8) is 0 Å². The van der Waals surface area contributed by atoms with Crippen LogP contribution in [0.15, 0.2) is 28.0 Å². The zero-order valence-electron chi connectivity index (χ0n) is 9.29. The molecule has 0 aliphatic carbocycles. The van der Waals surface area contributed by atoms with Crippen LogP contribution in [0.1, 0.15) is 5.56 Å². The molecule has 2 N–H and O–H groups in total. The fraction of sp³-hybridized carbons (Fsp3) is 0.100. The van der Waals surface area contributed by atoms with Crippen LogP contribution >= 0.6 is 28.1 Å². The van der Waals surface area contributed by atoms with Gasteiger partial charge in [0.1, 0.15) is 6.33 Å². The lowest BCUT2D eigenvalue weighted by atomic mass is 10.2. The van der Waals surface area contributed by atoms with Crippen LogP contribution in [0.5, 0.6) is 11.5 Å². The summed E-state index contributed by atoms with van der Waals surface area (Å²) in [4.78, 5) is 0. The third kappa shape index (κ3) is 2.59. The second-order valence-electron chi connectivity index (χ2n) is 3.30. The zero-order chi connectivity index (χ0) is 13.1. The van der Waals surface area contributed by atoms with Gasteiger partial charge >= 0.3 is 0 Å². The average Bonchev–Trinajstić information content (AvgIpc) is 2.75. The molecule has 0 fully saturated rings. The van der Waals surface area contributed by atoms with Crippen LogP contribution < -0.4 is 4.74 Å². The van der Waals surface area contributed by atoms with E-state index < -0.39 is 0 Å². The highest BCUT2D eigenvalue weighted by Crippen LogP contribution is 2.32. The van der Waals surface area contributed by atoms with Crippen LogP contribution in [0.3, 0.4) is 0 Å². The highest BCUT2D eigenvalue weighted by Gasteiger charge is 2.08. The van der Waals surface area contributed by atoms with Gasteiger partial charge in [-0.05, 0) is 24.4 Å². The third-order valence-electron chi connectivity index (χ3n) is 2.15. The van der Waals surface area contributed by atoms with Crippen molar-refractivity contribution in [3.8, 4) is 11.5 Å². The molecule has 0 aliphatic heterocycles. The van der Waals surface area contributed by atoms with Crippen molar-refractivity contribution in [2.24, 2.45) is 5.10 Å². The van der Waals surface area contributed by atoms with Gasteiger partial charge in [-0.1, -0.05) is 15.9 Å². The van der Waals surface area contributed by atoms with Crippen LogP contribution in [-0.4, -0.2) is 33.3 Å². The molecule has 18 heavy (non-hydrogen) atoms. The van der Waals surface area contributed by atoms with Crippen molar-refractivity contribution in [1.29, 1.82) is 0 Å². The molecule has 0 saturated carbocycles. The summed E-state index contributed by atoms with van der Waals surface area (Å²) in [6.07, 6.45) is 2.90. The molecule has 1 aromatic carbocycles. The molecule has 0 spiro atoms. The van der Waals surface area contributed by atoms with E-state index in [9.17, 15) is 5.11 Å². The summed E-state index contributed by atoms with van der Waals surface area (Å²) < 4.78 is 7.56. The van der Waals surface area contributed by atoms with Gasteiger partial charge in [-0.15, -0.1) is 0 Å². The molecule has 94 valence electrons. The number of nitrogens with zero attached hydrogens (tertiary/aromatic N) is 3. The van der Waals surface area contributed by atoms with E-state index in [1.807, 2.05) is 0 Å². The molecule has 6 nitrogen and oxygen atoms in total. The number of benzene rings is 1. The molecule has 2 aromatic rings. The predicted octanol–water partition coefficient (Wildman–Crippen LogP) is 2.30. The van der Waals surface area contributed by atoms with Gasteiger partial charge in [0.2, 0.25) is 4.77 Å². The highest BCUT2D eigenvalue weighted by atomic mass is 79.9. The number of hydrogen-bond acceptors (Lipinski definition) is 5. The van der Waals surface area contributed by atoms with Crippen LogP contribution in [0.4, 0.5) is 0 Å². The number of aromatic nitrogens is 3. The Balaban J connectivity index is 2.40. The number of aromatic amines is 1. The van der Waals surface area contributed by atoms with E-state index in [0.29, 0.717) is 16.1 Å². The van der Waals surface area contributed by atoms with Crippen molar-refractivity contribution in [3.05, 3.63) is 33.3 Å². The summed E-state index contributed by atoms with van der Waals surface area (Å²) in [5, 5.41) is 20.3. The van der Waals surface area contributed by atoms with E-state index in [0.717, 1.165) is 4.47 Å². The van der Waals surface area contributed by atoms with E-state index in [1.54, 1.807) is 12.1 Å². The Kier molecular flexibility index (Phi) is 3.78. The van der Waals surface area contributed by atoms with Crippen molar-refractivity contribution in [2.75, 3.05) is 7.11 Å². The lowest BCUT2D eigenvalue weighted by Gasteiger charge is -2.06. The number of H-pyrrole nitrogens is 1. The number of hydrogen-bond donors (Lipinski definition) is 2. The number of aromatic hydroxyl groups is 1. The maximum atomic E-state index is 9.92. The van der Waals surface area contributed by atoms with Gasteiger partial charge in [-0.25, -0.2) is 0 Å². The monoisotopic (exact) mass is 328 g/mol. The van der Waals surface area contributed by atoms with Crippen molar-refractivity contribution < 1.29 is 9.84 Å². The number of rotatable bonds is 3. The quantitative estimate of drug-likeness (QED) is 0.669. The van der Waals surface area contributed by atoms with Crippen molar-refractivity contribution in [2.45, 2.75) is 0 Å². The number of ether oxygens (including phenoxy) is 1. The number of phenols is 1. The minimum absolute atomic E-state index is 0.0134. The maximum Gasteiger partial charge on any atom is 0.216 e. The highest BCUT2D eigenvalue weighted by molar-refractivity contribution is 9.10. The number of halogens is 1. The Hall–Kier alpha value is -1.67. The Morgan fingerprint density at radius 1 is 1.61 bits per heavy atom. The second-order valence-corrected chi connectivity index (χ2v) is 4.60. The summed E-state index contributed by atoms with van der Waals surface area (Å²) in [6, 6.07) is 3.38. The standard InChI is InChI=1S/C10H9BrN4O2S/c1-17-8-3-7(11)2-6(9(8)16)4-13-15-5-12-14-10(15)18/h2-5,16H,1H3,(H,14,18)/b13-4+. The first-order valence-corrected chi connectivity index (χ1v) is 6.05. The topological polar surface area (TPSA) is 75.4 Å². The smallest absolute Gasteiger partial charge is 0.216 e. The normalized spacial score (nSPS) is 11.0. The summed E-state index contributed by atoms with van der Waals surface area (Å²) in [5.41, 5.74) is 0.504. The van der Waals surface area contributed by atoms with Gasteiger partial charge in [0, 0.05) is 10.0 Å². The summed E-state index contributed by atoms with van der Waals surface area (Å²) >= 11 is 8.27. The van der Waals surface area contributed by atoms with Gasteiger partial charge in [-0.3, -0.25) is 5.10 Å². The van der Waals surface area contributed by atoms with E-state index in [1.165, 1.54) is 24.3 Å². The molecule has 1 aromatic heterocycles. The summed E-state index contributed by atoms with van der Waals surface area (Å²) in [5.74, 6) is 0.376. The molecule has 0 amide bonds. The summed E-state index contributed by atoms with van der Waals surface area (Å²) in [6.45, 7) is 0. The molecule has 0 atom stereocenters. The average molecular weight is 329 g/mol. The summed E-state index contributed by atoms with van der Waals surface area (Å²) in [7, 11) is 1.48. The Morgan fingerprint density at radius 2 is 2.39 bits per heavy atom. The predicted molar refractivity (Wildman–Crippen MR) is 72.8 cm³/mol. The lowest BCUT2D eigenvalue weighted by Crippen LogP contribution is -1.92. The van der Waals surface area contributed by atoms with Gasteiger partial charge in [-0.2, -0.15) is 14.9 Å². The van der Waals surface area contributed by atoms with Crippen molar-refractivity contribution >= 4 is 34.4 Å². The van der Waals surface area contributed by atoms with Gasteiger partial charge < -0.3 is 9.84 Å². The van der Waals surface area contributed by atoms with Gasteiger partial charge in [0.15, 0.2) is 11.5 Å². The number of nitrogens with one attached hydrogen (secondary N) is 1. The van der Waals surface area contributed by atoms with Crippen LogP contribution in [0.25, 0.3) is 0 Å². The Bertz CT molecular complexity index is 650. The van der Waals surface area contributed by atoms with E-state index in [4.69, 9.17) is 17.0 Å². The molecular weight excluding hydrogens is 320 g/mol. The largest absolute Gasteiger partial charge is 0.504 e. The third-order valence-corrected chi connectivity index (χ3v) is 2.88. The molecular formula is C10H9BrN4O2S. The van der Waals surface area contributed by atoms with E-state index >= 15 is 0 Å². The molecule has 0 saturated heterocycles. The lowest BCUT2D eigenvalue weighted by molar-refractivity contribution is 0.373. The number of phenolic OH excluding ortho intramolecular Hbond substituents is 1. The van der Waals surface area contributed by atoms with E-state index in [2.05, 4.69) is 31.2 Å². The first-order chi connectivity index (χ1) is 8.61. The number of methoxy groups -OCH3 is 1. The fourth-order valence-corrected chi connectivity index (χ4v) is 1.90. The van der Waals surface area contributed by atoms with Crippen LogP contribution in [-0.2, 0) is 0 Å².